The Bertz CT molecular complexity index is 2520. The fourth-order valence-corrected chi connectivity index (χ4v) is 9.61. The number of anilines is 1. The van der Waals surface area contributed by atoms with Crippen LogP contribution >= 0.6 is 22.9 Å². The normalized spacial score (nSPS) is 17.4. The maximum absolute atomic E-state index is 13.5. The number of thiophene rings is 1. The number of piperidine rings is 1. The number of aliphatic imine (C=N–C) groups is 1. The molecule has 3 aliphatic rings. The highest BCUT2D eigenvalue weighted by Crippen LogP contribution is 2.40. The summed E-state index contributed by atoms with van der Waals surface area (Å²) in [6, 6.07) is 15.0. The van der Waals surface area contributed by atoms with Gasteiger partial charge in [-0.1, -0.05) is 61.5 Å². The van der Waals surface area contributed by atoms with E-state index in [0.717, 1.165) is 94.3 Å². The fraction of sp³-hybridized carbons (Fsp3) is 0.364. The lowest BCUT2D eigenvalue weighted by atomic mass is 9.91. The number of aryl methyl sites for hydroxylation is 2. The number of fused-ring (bicyclic) bond motifs is 3. The zero-order valence-electron chi connectivity index (χ0n) is 33.2. The minimum Gasteiger partial charge on any atom is -0.385 e. The number of imide groups is 2. The summed E-state index contributed by atoms with van der Waals surface area (Å²) in [4.78, 5) is 72.1. The Kier molecular flexibility index (Phi) is 11.5. The molecule has 5 amide bonds. The van der Waals surface area contributed by atoms with Gasteiger partial charge in [-0.05, 0) is 75.9 Å². The van der Waals surface area contributed by atoms with Crippen molar-refractivity contribution in [3.05, 3.63) is 104 Å². The predicted molar refractivity (Wildman–Crippen MR) is 228 cm³/mol. The first-order chi connectivity index (χ1) is 28.5. The van der Waals surface area contributed by atoms with Crippen molar-refractivity contribution in [1.82, 2.24) is 30.3 Å². The van der Waals surface area contributed by atoms with E-state index in [0.29, 0.717) is 33.9 Å². The molecule has 304 valence electrons. The highest BCUT2D eigenvalue weighted by Gasteiger charge is 2.43. The Morgan fingerprint density at radius 1 is 0.881 bits per heavy atom. The molecule has 59 heavy (non-hydrogen) atoms. The van der Waals surface area contributed by atoms with Crippen molar-refractivity contribution in [3.8, 4) is 5.00 Å². The summed E-state index contributed by atoms with van der Waals surface area (Å²) < 4.78 is 2.05. The average molecular weight is 833 g/mol. The number of hydrogen-bond acceptors (Lipinski definition) is 10. The van der Waals surface area contributed by atoms with Crippen molar-refractivity contribution in [2.45, 2.75) is 90.6 Å². The minimum atomic E-state index is -1.02. The summed E-state index contributed by atoms with van der Waals surface area (Å²) in [5.74, 6) is -0.757. The van der Waals surface area contributed by atoms with Crippen molar-refractivity contribution in [2.24, 2.45) is 4.99 Å². The summed E-state index contributed by atoms with van der Waals surface area (Å²) in [7, 11) is 0. The molecule has 3 N–H and O–H groups in total. The number of halogens is 1. The SMILES string of the molecule is Cc1sc2c(c1C)C(c1ccc(Cl)cc1)=N[C@@H](CC(=O)NCCCCCCCCNc1ccc3c4c(cccc14)C(=O)N(C1CCC(=O)NC1=O)C3=O)c1nnc(C)n1-2. The van der Waals surface area contributed by atoms with Gasteiger partial charge < -0.3 is 10.6 Å². The first kappa shape index (κ1) is 40.1. The average Bonchev–Trinajstić information content (AvgIpc) is 3.70. The van der Waals surface area contributed by atoms with Gasteiger partial charge in [-0.2, -0.15) is 0 Å². The van der Waals surface area contributed by atoms with Crippen LogP contribution in [-0.4, -0.2) is 74.0 Å². The lowest BCUT2D eigenvalue weighted by Gasteiger charge is -2.34. The van der Waals surface area contributed by atoms with Crippen LogP contribution in [0.5, 0.6) is 0 Å². The molecule has 1 unspecified atom stereocenters. The van der Waals surface area contributed by atoms with E-state index in [4.69, 9.17) is 16.6 Å². The number of amides is 5. The molecule has 0 aliphatic carbocycles. The van der Waals surface area contributed by atoms with Crippen molar-refractivity contribution >= 4 is 74.6 Å². The number of hydrogen-bond donors (Lipinski definition) is 3. The Morgan fingerprint density at radius 3 is 2.34 bits per heavy atom. The first-order valence-electron chi connectivity index (χ1n) is 20.2. The zero-order chi connectivity index (χ0) is 41.4. The van der Waals surface area contributed by atoms with E-state index < -0.39 is 35.7 Å². The van der Waals surface area contributed by atoms with E-state index in [1.54, 1.807) is 29.5 Å². The van der Waals surface area contributed by atoms with E-state index in [-0.39, 0.29) is 25.2 Å². The molecule has 2 aromatic heterocycles. The number of carbonyl (C=O) groups is 5. The number of aromatic nitrogens is 3. The van der Waals surface area contributed by atoms with Gasteiger partial charge in [0.15, 0.2) is 5.82 Å². The molecule has 3 aromatic carbocycles. The minimum absolute atomic E-state index is 0.0697. The van der Waals surface area contributed by atoms with Crippen LogP contribution in [0, 0.1) is 20.8 Å². The molecule has 1 fully saturated rings. The number of nitrogens with zero attached hydrogens (tertiary/aromatic N) is 5. The topological polar surface area (TPSA) is 168 Å². The Hall–Kier alpha value is -5.73. The highest BCUT2D eigenvalue weighted by atomic mass is 35.5. The van der Waals surface area contributed by atoms with Crippen LogP contribution in [-0.2, 0) is 14.4 Å². The number of unbranched alkanes of at least 4 members (excludes halogenated alkanes) is 5. The van der Waals surface area contributed by atoms with Crippen LogP contribution < -0.4 is 16.0 Å². The second-order valence-corrected chi connectivity index (χ2v) is 17.0. The highest BCUT2D eigenvalue weighted by molar-refractivity contribution is 7.15. The van der Waals surface area contributed by atoms with Crippen LogP contribution in [0.2, 0.25) is 5.02 Å². The van der Waals surface area contributed by atoms with E-state index in [1.807, 2.05) is 43.3 Å². The van der Waals surface area contributed by atoms with Gasteiger partial charge in [0.1, 0.15) is 22.9 Å². The Balaban J connectivity index is 0.803. The zero-order valence-corrected chi connectivity index (χ0v) is 34.8. The van der Waals surface area contributed by atoms with Crippen molar-refractivity contribution in [3.63, 3.8) is 0 Å². The molecule has 5 heterocycles. The van der Waals surface area contributed by atoms with Gasteiger partial charge in [0, 0.05) is 68.1 Å². The number of nitrogens with one attached hydrogen (secondary N) is 3. The van der Waals surface area contributed by atoms with Gasteiger partial charge in [0.25, 0.3) is 11.8 Å². The molecule has 0 radical (unpaired) electrons. The van der Waals surface area contributed by atoms with E-state index in [1.165, 1.54) is 4.88 Å². The van der Waals surface area contributed by atoms with Crippen LogP contribution in [0.3, 0.4) is 0 Å². The van der Waals surface area contributed by atoms with Crippen molar-refractivity contribution < 1.29 is 24.0 Å². The maximum atomic E-state index is 13.5. The van der Waals surface area contributed by atoms with E-state index >= 15 is 0 Å². The molecule has 13 nitrogen and oxygen atoms in total. The van der Waals surface area contributed by atoms with Gasteiger partial charge in [0.2, 0.25) is 17.7 Å². The first-order valence-corrected chi connectivity index (χ1v) is 21.4. The van der Waals surface area contributed by atoms with Gasteiger partial charge in [-0.15, -0.1) is 21.5 Å². The number of benzene rings is 3. The molecule has 0 spiro atoms. The standard InChI is InChI=1S/C44H45ClN8O5S/c1-24-25(2)59-44-37(24)39(27-13-15-28(45)16-14-27)48-33(40-51-50-26(3)52(40)44)23-36(55)47-22-9-7-5-4-6-8-21-46-32-18-17-31-38-29(32)11-10-12-30(38)42(57)53(43(31)58)34-19-20-35(54)49-41(34)56/h10-18,33-34,46H,4-9,19-23H2,1-3H3,(H,47,55)(H,49,54,56)/t33-,34?/m0/s1. The molecule has 0 saturated carbocycles. The third kappa shape index (κ3) is 7.78. The molecule has 15 heteroatoms. The van der Waals surface area contributed by atoms with E-state index in [2.05, 4.69) is 44.6 Å². The molecule has 2 atom stereocenters. The molecular weight excluding hydrogens is 788 g/mol. The Labute approximate surface area is 350 Å². The monoisotopic (exact) mass is 832 g/mol. The van der Waals surface area contributed by atoms with Gasteiger partial charge in [0.05, 0.1) is 12.1 Å². The van der Waals surface area contributed by atoms with Crippen molar-refractivity contribution in [2.75, 3.05) is 18.4 Å². The maximum Gasteiger partial charge on any atom is 0.262 e. The van der Waals surface area contributed by atoms with E-state index in [9.17, 15) is 24.0 Å². The molecule has 3 aliphatic heterocycles. The lowest BCUT2D eigenvalue weighted by molar-refractivity contribution is -0.136. The molecular formula is C44H45ClN8O5S. The van der Waals surface area contributed by atoms with Gasteiger partial charge in [-0.3, -0.25) is 43.7 Å². The molecule has 8 rings (SSSR count). The summed E-state index contributed by atoms with van der Waals surface area (Å²) in [5, 5.41) is 20.8. The molecule has 0 bridgehead atoms. The summed E-state index contributed by atoms with van der Waals surface area (Å²) in [6.45, 7) is 7.45. The third-order valence-corrected chi connectivity index (χ3v) is 12.9. The van der Waals surface area contributed by atoms with Crippen LogP contribution in [0.25, 0.3) is 15.8 Å². The number of rotatable bonds is 14. The summed E-state index contributed by atoms with van der Waals surface area (Å²) in [6.07, 6.45) is 6.27. The second-order valence-electron chi connectivity index (χ2n) is 15.3. The fourth-order valence-electron chi connectivity index (χ4n) is 8.27. The number of carbonyl (C=O) groups excluding carboxylic acids is 5. The van der Waals surface area contributed by atoms with Gasteiger partial charge >= 0.3 is 0 Å². The molecule has 1 saturated heterocycles. The van der Waals surface area contributed by atoms with Gasteiger partial charge in [-0.25, -0.2) is 0 Å². The van der Waals surface area contributed by atoms with Crippen LogP contribution in [0.15, 0.2) is 59.6 Å². The van der Waals surface area contributed by atoms with Crippen LogP contribution in [0.4, 0.5) is 5.69 Å². The predicted octanol–water partition coefficient (Wildman–Crippen LogP) is 7.31. The molecule has 5 aromatic rings. The van der Waals surface area contributed by atoms with Crippen molar-refractivity contribution in [1.29, 1.82) is 0 Å². The van der Waals surface area contributed by atoms with Crippen LogP contribution in [0.1, 0.15) is 118 Å². The quantitative estimate of drug-likeness (QED) is 0.0774. The summed E-state index contributed by atoms with van der Waals surface area (Å²) in [5.41, 5.74) is 5.50. The third-order valence-electron chi connectivity index (χ3n) is 11.4. The largest absolute Gasteiger partial charge is 0.385 e. The Morgan fingerprint density at radius 2 is 1.59 bits per heavy atom. The smallest absolute Gasteiger partial charge is 0.262 e. The lowest BCUT2D eigenvalue weighted by Crippen LogP contribution is -2.57. The summed E-state index contributed by atoms with van der Waals surface area (Å²) >= 11 is 7.92. The second kappa shape index (κ2) is 16.9.